The van der Waals surface area contributed by atoms with E-state index < -0.39 is 11.4 Å². The molecule has 0 bridgehead atoms. The van der Waals surface area contributed by atoms with Crippen LogP contribution in [0.4, 0.5) is 0 Å². The molecular weight excluding hydrogens is 522 g/mol. The summed E-state index contributed by atoms with van der Waals surface area (Å²) < 4.78 is 21.2. The van der Waals surface area contributed by atoms with Crippen LogP contribution in [0.3, 0.4) is 0 Å². The molecule has 0 amide bonds. The summed E-state index contributed by atoms with van der Waals surface area (Å²) in [4.78, 5) is 21.1. The van der Waals surface area contributed by atoms with Crippen molar-refractivity contribution in [3.05, 3.63) is 57.5 Å². The number of hydrogen-bond donors (Lipinski definition) is 0. The van der Waals surface area contributed by atoms with Gasteiger partial charge < -0.3 is 18.8 Å². The summed E-state index contributed by atoms with van der Waals surface area (Å²) in [5.74, 6) is -0.948. The molecule has 0 spiro atoms. The zero-order valence-corrected chi connectivity index (χ0v) is 22.1. The Labute approximate surface area is 211 Å². The van der Waals surface area contributed by atoms with E-state index in [2.05, 4.69) is 30.5 Å². The predicted octanol–water partition coefficient (Wildman–Crippen LogP) is 6.05. The van der Waals surface area contributed by atoms with Gasteiger partial charge in [-0.1, -0.05) is 23.7 Å². The maximum Gasteiger partial charge on any atom is 0.338 e. The monoisotopic (exact) mass is 547 g/mol. The van der Waals surface area contributed by atoms with Gasteiger partial charge in [-0.15, -0.1) is 0 Å². The Hall–Kier alpha value is -2.00. The highest BCUT2D eigenvalue weighted by molar-refractivity contribution is 9.10. The first-order chi connectivity index (χ1) is 15.9. The number of nitrogens with zero attached hydrogens (tertiary/aromatic N) is 3. The van der Waals surface area contributed by atoms with E-state index in [1.165, 1.54) is 6.33 Å². The van der Waals surface area contributed by atoms with Gasteiger partial charge in [0, 0.05) is 16.6 Å². The third-order valence-corrected chi connectivity index (χ3v) is 7.17. The standard InChI is InChI=1S/C25H27BrClN3O4/c1-24(2,3)34-23(31)14-8-6-13(7-9-14)15-10-17(20-19(15)32-25(4,5)33-20)30-11-16(26)18-21(27)28-12-29-22(18)30/h6-9,11-12,15,17,19-20H,10H2,1-5H3/t15-,17-,19-,20+/m1/s1. The molecule has 1 aliphatic heterocycles. The minimum absolute atomic E-state index is 0.0120. The molecule has 9 heteroatoms. The molecule has 5 rings (SSSR count). The van der Waals surface area contributed by atoms with Gasteiger partial charge in [-0.25, -0.2) is 14.8 Å². The van der Waals surface area contributed by atoms with Gasteiger partial charge in [-0.05, 0) is 74.7 Å². The summed E-state index contributed by atoms with van der Waals surface area (Å²) >= 11 is 9.97. The molecule has 180 valence electrons. The van der Waals surface area contributed by atoms with Crippen LogP contribution >= 0.6 is 27.5 Å². The topological polar surface area (TPSA) is 75.5 Å². The van der Waals surface area contributed by atoms with Crippen molar-refractivity contribution in [2.75, 3.05) is 0 Å². The zero-order chi connectivity index (χ0) is 24.4. The molecule has 4 atom stereocenters. The molecule has 34 heavy (non-hydrogen) atoms. The summed E-state index contributed by atoms with van der Waals surface area (Å²) in [7, 11) is 0. The fourth-order valence-electron chi connectivity index (χ4n) is 5.01. The lowest BCUT2D eigenvalue weighted by Gasteiger charge is -2.25. The molecule has 1 aliphatic carbocycles. The van der Waals surface area contributed by atoms with Gasteiger partial charge in [-0.3, -0.25) is 0 Å². The second-order valence-electron chi connectivity index (χ2n) is 10.3. The summed E-state index contributed by atoms with van der Waals surface area (Å²) in [6.45, 7) is 9.46. The van der Waals surface area contributed by atoms with Gasteiger partial charge >= 0.3 is 5.97 Å². The van der Waals surface area contributed by atoms with Gasteiger partial charge in [0.1, 0.15) is 28.8 Å². The van der Waals surface area contributed by atoms with Gasteiger partial charge in [-0.2, -0.15) is 0 Å². The van der Waals surface area contributed by atoms with Crippen LogP contribution in [0.5, 0.6) is 0 Å². The third-order valence-electron chi connectivity index (χ3n) is 6.28. The number of carbonyl (C=O) groups excluding carboxylic acids is 1. The van der Waals surface area contributed by atoms with Crippen LogP contribution in [0.1, 0.15) is 68.9 Å². The molecule has 2 fully saturated rings. The maximum absolute atomic E-state index is 12.5. The first-order valence-electron chi connectivity index (χ1n) is 11.3. The second kappa shape index (κ2) is 8.29. The predicted molar refractivity (Wildman–Crippen MR) is 132 cm³/mol. The molecule has 3 heterocycles. The average molecular weight is 549 g/mol. The molecule has 1 aromatic carbocycles. The van der Waals surface area contributed by atoms with Gasteiger partial charge in [0.05, 0.1) is 23.1 Å². The Morgan fingerprint density at radius 1 is 1.18 bits per heavy atom. The lowest BCUT2D eigenvalue weighted by atomic mass is 9.94. The van der Waals surface area contributed by atoms with Crippen molar-refractivity contribution in [2.45, 2.75) is 76.6 Å². The molecule has 2 aliphatic rings. The van der Waals surface area contributed by atoms with Crippen molar-refractivity contribution in [3.8, 4) is 0 Å². The number of ether oxygens (including phenoxy) is 3. The van der Waals surface area contributed by atoms with E-state index in [0.29, 0.717) is 10.7 Å². The lowest BCUT2D eigenvalue weighted by molar-refractivity contribution is -0.157. The molecule has 3 aromatic rings. The van der Waals surface area contributed by atoms with Crippen molar-refractivity contribution in [2.24, 2.45) is 0 Å². The number of hydrogen-bond acceptors (Lipinski definition) is 6. The molecule has 2 aromatic heterocycles. The normalized spacial score (nSPS) is 26.1. The Balaban J connectivity index is 1.48. The average Bonchev–Trinajstić information content (AvgIpc) is 3.35. The van der Waals surface area contributed by atoms with E-state index in [0.717, 1.165) is 27.5 Å². The molecule has 0 radical (unpaired) electrons. The van der Waals surface area contributed by atoms with Crippen molar-refractivity contribution in [1.82, 2.24) is 14.5 Å². The highest BCUT2D eigenvalue weighted by Crippen LogP contribution is 2.52. The smallest absolute Gasteiger partial charge is 0.338 e. The molecule has 0 N–H and O–H groups in total. The number of fused-ring (bicyclic) bond motifs is 2. The fourth-order valence-corrected chi connectivity index (χ4v) is 5.94. The summed E-state index contributed by atoms with van der Waals surface area (Å²) in [5.41, 5.74) is 1.84. The van der Waals surface area contributed by atoms with Crippen LogP contribution in [-0.4, -0.2) is 44.1 Å². The number of esters is 1. The van der Waals surface area contributed by atoms with E-state index in [1.807, 2.05) is 65.1 Å². The Morgan fingerprint density at radius 2 is 1.85 bits per heavy atom. The van der Waals surface area contributed by atoms with Gasteiger partial charge in [0.25, 0.3) is 0 Å². The van der Waals surface area contributed by atoms with Crippen molar-refractivity contribution >= 4 is 44.5 Å². The molecule has 1 saturated carbocycles. The van der Waals surface area contributed by atoms with Crippen molar-refractivity contribution < 1.29 is 19.0 Å². The van der Waals surface area contributed by atoms with E-state index >= 15 is 0 Å². The molecular formula is C25H27BrClN3O4. The summed E-state index contributed by atoms with van der Waals surface area (Å²) in [6.07, 6.45) is 3.95. The Morgan fingerprint density at radius 3 is 2.53 bits per heavy atom. The van der Waals surface area contributed by atoms with Crippen LogP contribution in [0, 0.1) is 0 Å². The van der Waals surface area contributed by atoms with E-state index in [1.54, 1.807) is 0 Å². The quantitative estimate of drug-likeness (QED) is 0.293. The van der Waals surface area contributed by atoms with Crippen LogP contribution in [0.2, 0.25) is 5.15 Å². The van der Waals surface area contributed by atoms with Gasteiger partial charge in [0.15, 0.2) is 5.79 Å². The van der Waals surface area contributed by atoms with Crippen LogP contribution in [0.25, 0.3) is 11.0 Å². The second-order valence-corrected chi connectivity index (χ2v) is 11.6. The number of aromatic nitrogens is 3. The summed E-state index contributed by atoms with van der Waals surface area (Å²) in [6, 6.07) is 7.60. The van der Waals surface area contributed by atoms with Crippen LogP contribution < -0.4 is 0 Å². The molecule has 0 unspecified atom stereocenters. The minimum atomic E-state index is -0.699. The van der Waals surface area contributed by atoms with E-state index in [9.17, 15) is 4.79 Å². The molecule has 7 nitrogen and oxygen atoms in total. The fraction of sp³-hybridized carbons (Fsp3) is 0.480. The zero-order valence-electron chi connectivity index (χ0n) is 19.7. The van der Waals surface area contributed by atoms with Crippen LogP contribution in [0.15, 0.2) is 41.3 Å². The first kappa shape index (κ1) is 23.7. The van der Waals surface area contributed by atoms with Crippen molar-refractivity contribution in [3.63, 3.8) is 0 Å². The third kappa shape index (κ3) is 4.26. The highest BCUT2D eigenvalue weighted by Gasteiger charge is 2.55. The first-order valence-corrected chi connectivity index (χ1v) is 12.5. The largest absolute Gasteiger partial charge is 0.456 e. The van der Waals surface area contributed by atoms with E-state index in [-0.39, 0.29) is 30.1 Å². The number of halogens is 2. The Kier molecular flexibility index (Phi) is 5.79. The Bertz CT molecular complexity index is 1250. The molecule has 1 saturated heterocycles. The maximum atomic E-state index is 12.5. The van der Waals surface area contributed by atoms with E-state index in [4.69, 9.17) is 25.8 Å². The van der Waals surface area contributed by atoms with Crippen LogP contribution in [-0.2, 0) is 14.2 Å². The SMILES string of the molecule is CC(C)(C)OC(=O)c1ccc([C@H]2C[C@@H](n3cc(Br)c4c(Cl)ncnc43)[C@@H]3OC(C)(C)O[C@@H]32)cc1. The minimum Gasteiger partial charge on any atom is -0.456 e. The van der Waals surface area contributed by atoms with Gasteiger partial charge in [0.2, 0.25) is 0 Å². The summed E-state index contributed by atoms with van der Waals surface area (Å²) in [5, 5.41) is 1.19. The number of rotatable bonds is 3. The lowest BCUT2D eigenvalue weighted by Crippen LogP contribution is -2.27. The van der Waals surface area contributed by atoms with Crippen molar-refractivity contribution in [1.29, 1.82) is 0 Å². The number of benzene rings is 1. The highest BCUT2D eigenvalue weighted by atomic mass is 79.9. The number of carbonyl (C=O) groups is 1.